The molecule has 118 valence electrons. The van der Waals surface area contributed by atoms with E-state index in [1.54, 1.807) is 4.90 Å². The van der Waals surface area contributed by atoms with Gasteiger partial charge in [0.25, 0.3) is 0 Å². The zero-order valence-corrected chi connectivity index (χ0v) is 11.9. The zero-order chi connectivity index (χ0) is 15.2. The monoisotopic (exact) mass is 297 g/mol. The molecule has 0 unspecified atom stereocenters. The van der Waals surface area contributed by atoms with Crippen LogP contribution in [-0.2, 0) is 0 Å². The fraction of sp³-hybridized carbons (Fsp3) is 0.600. The van der Waals surface area contributed by atoms with Crippen LogP contribution in [0.4, 0.5) is 0 Å². The summed E-state index contributed by atoms with van der Waals surface area (Å²) in [6.45, 7) is 0.503. The quantitative estimate of drug-likeness (QED) is 0.493. The highest BCUT2D eigenvalue weighted by molar-refractivity contribution is 5.20. The largest absolute Gasteiger partial charge is 0.494 e. The normalized spacial score (nSPS) is 29.7. The molecule has 1 aromatic rings. The van der Waals surface area contributed by atoms with Gasteiger partial charge in [-0.1, -0.05) is 18.2 Å². The number of aliphatic hydroxyl groups excluding tert-OH is 4. The Morgan fingerprint density at radius 3 is 2.05 bits per heavy atom. The number of likely N-dealkylation sites (tertiary alicyclic amines) is 1. The Labute approximate surface area is 124 Å². The Hall–Kier alpha value is -1.18. The van der Waals surface area contributed by atoms with Crippen LogP contribution in [-0.4, -0.2) is 76.0 Å². The van der Waals surface area contributed by atoms with Gasteiger partial charge >= 0.3 is 0 Å². The van der Waals surface area contributed by atoms with Gasteiger partial charge in [-0.3, -0.25) is 4.90 Å². The van der Waals surface area contributed by atoms with Crippen LogP contribution >= 0.6 is 0 Å². The van der Waals surface area contributed by atoms with Gasteiger partial charge in [-0.15, -0.1) is 0 Å². The smallest absolute Gasteiger partial charge is 0.119 e. The van der Waals surface area contributed by atoms with E-state index in [-0.39, 0.29) is 13.2 Å². The van der Waals surface area contributed by atoms with E-state index in [2.05, 4.69) is 0 Å². The SMILES string of the molecule is OC[C@@H]1[C@@H](O)[C@H](O)[C@@H](CO)N1CCCOc1ccccc1. The van der Waals surface area contributed by atoms with Gasteiger partial charge in [-0.25, -0.2) is 0 Å². The molecule has 0 bridgehead atoms. The standard InChI is InChI=1S/C15H23NO5/c17-9-12-14(19)15(20)13(10-18)16(12)7-4-8-21-11-5-2-1-3-6-11/h1-3,5-6,12-15,17-20H,4,7-10H2/t12-,13-,14-,15-/m1/s1. The lowest BCUT2D eigenvalue weighted by Gasteiger charge is -2.28. The first-order chi connectivity index (χ1) is 10.2. The molecule has 4 N–H and O–H groups in total. The van der Waals surface area contributed by atoms with Crippen LogP contribution in [0.2, 0.25) is 0 Å². The van der Waals surface area contributed by atoms with Crippen molar-refractivity contribution < 1.29 is 25.2 Å². The van der Waals surface area contributed by atoms with Crippen LogP contribution in [0.3, 0.4) is 0 Å². The third-order valence-corrected chi connectivity index (χ3v) is 3.94. The van der Waals surface area contributed by atoms with Crippen molar-refractivity contribution in [3.8, 4) is 5.75 Å². The van der Waals surface area contributed by atoms with E-state index in [9.17, 15) is 20.4 Å². The highest BCUT2D eigenvalue weighted by atomic mass is 16.5. The number of nitrogens with zero attached hydrogens (tertiary/aromatic N) is 1. The number of ether oxygens (including phenoxy) is 1. The molecular formula is C15H23NO5. The van der Waals surface area contributed by atoms with E-state index >= 15 is 0 Å². The summed E-state index contributed by atoms with van der Waals surface area (Å²) in [4.78, 5) is 1.75. The maximum absolute atomic E-state index is 9.87. The Kier molecular flexibility index (Phi) is 5.96. The molecule has 1 aliphatic rings. The Balaban J connectivity index is 1.83. The van der Waals surface area contributed by atoms with Crippen LogP contribution in [0.5, 0.6) is 5.75 Å². The van der Waals surface area contributed by atoms with Crippen molar-refractivity contribution in [1.82, 2.24) is 4.90 Å². The van der Waals surface area contributed by atoms with Gasteiger partial charge in [-0.05, 0) is 18.6 Å². The van der Waals surface area contributed by atoms with Crippen molar-refractivity contribution in [1.29, 1.82) is 0 Å². The fourth-order valence-electron chi connectivity index (χ4n) is 2.80. The molecule has 4 atom stereocenters. The fourth-order valence-corrected chi connectivity index (χ4v) is 2.80. The highest BCUT2D eigenvalue weighted by Crippen LogP contribution is 2.25. The van der Waals surface area contributed by atoms with Crippen LogP contribution in [0.25, 0.3) is 0 Å². The predicted octanol–water partition coefficient (Wildman–Crippen LogP) is -0.785. The lowest BCUT2D eigenvalue weighted by molar-refractivity contribution is 0.0130. The summed E-state index contributed by atoms with van der Waals surface area (Å²) < 4.78 is 5.58. The van der Waals surface area contributed by atoms with E-state index in [0.29, 0.717) is 19.6 Å². The number of hydrogen-bond acceptors (Lipinski definition) is 6. The third-order valence-electron chi connectivity index (χ3n) is 3.94. The molecule has 0 amide bonds. The number of benzene rings is 1. The maximum Gasteiger partial charge on any atom is 0.119 e. The molecule has 1 fully saturated rings. The van der Waals surface area contributed by atoms with Gasteiger partial charge < -0.3 is 25.2 Å². The second-order valence-corrected chi connectivity index (χ2v) is 5.23. The first-order valence-corrected chi connectivity index (χ1v) is 7.20. The van der Waals surface area contributed by atoms with E-state index in [1.165, 1.54) is 0 Å². The maximum atomic E-state index is 9.87. The van der Waals surface area contributed by atoms with Crippen LogP contribution in [0.1, 0.15) is 6.42 Å². The van der Waals surface area contributed by atoms with Crippen molar-refractivity contribution in [2.75, 3.05) is 26.4 Å². The molecule has 1 saturated heterocycles. The zero-order valence-electron chi connectivity index (χ0n) is 11.9. The van der Waals surface area contributed by atoms with Crippen molar-refractivity contribution in [3.63, 3.8) is 0 Å². The minimum Gasteiger partial charge on any atom is -0.494 e. The topological polar surface area (TPSA) is 93.4 Å². The highest BCUT2D eigenvalue weighted by Gasteiger charge is 2.46. The number of rotatable bonds is 7. The van der Waals surface area contributed by atoms with E-state index in [4.69, 9.17) is 4.74 Å². The number of aliphatic hydroxyl groups is 4. The van der Waals surface area contributed by atoms with Crippen molar-refractivity contribution >= 4 is 0 Å². The summed E-state index contributed by atoms with van der Waals surface area (Å²) >= 11 is 0. The summed E-state index contributed by atoms with van der Waals surface area (Å²) in [7, 11) is 0. The van der Waals surface area contributed by atoms with Crippen LogP contribution in [0.15, 0.2) is 30.3 Å². The molecule has 0 spiro atoms. The summed E-state index contributed by atoms with van der Waals surface area (Å²) in [5.74, 6) is 0.788. The minimum atomic E-state index is -1.04. The molecule has 1 heterocycles. The molecule has 0 aromatic heterocycles. The van der Waals surface area contributed by atoms with Crippen LogP contribution in [0, 0.1) is 0 Å². The van der Waals surface area contributed by atoms with Crippen molar-refractivity contribution in [2.45, 2.75) is 30.7 Å². The molecule has 6 nitrogen and oxygen atoms in total. The lowest BCUT2D eigenvalue weighted by Crippen LogP contribution is -2.43. The number of hydrogen-bond donors (Lipinski definition) is 4. The molecule has 1 aliphatic heterocycles. The molecule has 0 saturated carbocycles. The van der Waals surface area contributed by atoms with Crippen LogP contribution < -0.4 is 4.74 Å². The summed E-state index contributed by atoms with van der Waals surface area (Å²) in [6.07, 6.45) is -1.41. The molecular weight excluding hydrogens is 274 g/mol. The lowest BCUT2D eigenvalue weighted by atomic mass is 10.1. The first-order valence-electron chi connectivity index (χ1n) is 7.20. The van der Waals surface area contributed by atoms with Crippen molar-refractivity contribution in [3.05, 3.63) is 30.3 Å². The third kappa shape index (κ3) is 3.72. The van der Waals surface area contributed by atoms with Gasteiger partial charge in [0.2, 0.25) is 0 Å². The van der Waals surface area contributed by atoms with Gasteiger partial charge in [-0.2, -0.15) is 0 Å². The molecule has 2 rings (SSSR count). The Morgan fingerprint density at radius 1 is 0.952 bits per heavy atom. The van der Waals surface area contributed by atoms with Gasteiger partial charge in [0.1, 0.15) is 5.75 Å². The van der Waals surface area contributed by atoms with Gasteiger partial charge in [0.15, 0.2) is 0 Å². The second-order valence-electron chi connectivity index (χ2n) is 5.23. The molecule has 1 aromatic carbocycles. The second kappa shape index (κ2) is 7.72. The Morgan fingerprint density at radius 2 is 1.52 bits per heavy atom. The average Bonchev–Trinajstić information content (AvgIpc) is 2.75. The molecule has 0 aliphatic carbocycles. The van der Waals surface area contributed by atoms with Gasteiger partial charge in [0, 0.05) is 6.54 Å². The summed E-state index contributed by atoms with van der Waals surface area (Å²) in [6, 6.07) is 8.35. The molecule has 21 heavy (non-hydrogen) atoms. The summed E-state index contributed by atoms with van der Waals surface area (Å²) in [5.41, 5.74) is 0. The van der Waals surface area contributed by atoms with E-state index in [0.717, 1.165) is 5.75 Å². The molecule has 0 radical (unpaired) electrons. The van der Waals surface area contributed by atoms with Crippen molar-refractivity contribution in [2.24, 2.45) is 0 Å². The van der Waals surface area contributed by atoms with E-state index < -0.39 is 24.3 Å². The van der Waals surface area contributed by atoms with Gasteiger partial charge in [0.05, 0.1) is 44.1 Å². The predicted molar refractivity (Wildman–Crippen MR) is 77.0 cm³/mol. The average molecular weight is 297 g/mol. The minimum absolute atomic E-state index is 0.256. The van der Waals surface area contributed by atoms with E-state index in [1.807, 2.05) is 30.3 Å². The number of para-hydroxylation sites is 1. The first kappa shape index (κ1) is 16.2. The Bertz CT molecular complexity index is 400. The summed E-state index contributed by atoms with van der Waals surface area (Å²) in [5, 5.41) is 38.4. The molecule has 6 heteroatoms.